The van der Waals surface area contributed by atoms with E-state index in [-0.39, 0.29) is 5.56 Å². The topological polar surface area (TPSA) is 46.5 Å². The predicted molar refractivity (Wildman–Crippen MR) is 75.3 cm³/mol. The zero-order valence-corrected chi connectivity index (χ0v) is 12.2. The van der Waals surface area contributed by atoms with E-state index in [0.29, 0.717) is 11.5 Å². The molecule has 2 aromatic rings. The molecule has 92 valence electrons. The summed E-state index contributed by atoms with van der Waals surface area (Å²) in [4.78, 5) is 11.1. The number of halogens is 2. The number of carboxylic acid groups (broad SMARTS) is 1. The van der Waals surface area contributed by atoms with Gasteiger partial charge in [-0.1, -0.05) is 28.1 Å². The van der Waals surface area contributed by atoms with E-state index in [1.54, 1.807) is 24.3 Å². The van der Waals surface area contributed by atoms with Gasteiger partial charge < -0.3 is 9.84 Å². The van der Waals surface area contributed by atoms with Crippen LogP contribution in [0.1, 0.15) is 10.4 Å². The number of hydrogen-bond donors (Lipinski definition) is 1. The minimum atomic E-state index is -1.01. The fraction of sp³-hybridized carbons (Fsp3) is 0. The van der Waals surface area contributed by atoms with Crippen LogP contribution >= 0.6 is 31.9 Å². The summed E-state index contributed by atoms with van der Waals surface area (Å²) in [5.41, 5.74) is 0.132. The molecule has 0 aliphatic heterocycles. The average Bonchev–Trinajstić information content (AvgIpc) is 2.33. The Hall–Kier alpha value is -1.33. The van der Waals surface area contributed by atoms with E-state index in [2.05, 4.69) is 31.9 Å². The number of para-hydroxylation sites is 1. The van der Waals surface area contributed by atoms with Crippen LogP contribution in [0, 0.1) is 0 Å². The van der Waals surface area contributed by atoms with Crippen LogP contribution in [0.15, 0.2) is 51.4 Å². The summed E-state index contributed by atoms with van der Waals surface area (Å²) in [7, 11) is 0. The fourth-order valence-electron chi connectivity index (χ4n) is 1.41. The molecular formula is C13H8Br2O3. The number of benzene rings is 2. The van der Waals surface area contributed by atoms with Gasteiger partial charge in [0.2, 0.25) is 0 Å². The van der Waals surface area contributed by atoms with Gasteiger partial charge in [-0.2, -0.15) is 0 Å². The smallest absolute Gasteiger partial charge is 0.339 e. The maximum Gasteiger partial charge on any atom is 0.339 e. The fourth-order valence-corrected chi connectivity index (χ4v) is 2.54. The molecule has 2 aromatic carbocycles. The van der Waals surface area contributed by atoms with Gasteiger partial charge in [0.25, 0.3) is 0 Å². The molecule has 0 bridgehead atoms. The van der Waals surface area contributed by atoms with Crippen LogP contribution in [0.4, 0.5) is 0 Å². The molecule has 0 aliphatic carbocycles. The van der Waals surface area contributed by atoms with Gasteiger partial charge in [-0.25, -0.2) is 4.79 Å². The number of carbonyl (C=O) groups is 1. The molecule has 0 atom stereocenters. The third kappa shape index (κ3) is 2.91. The summed E-state index contributed by atoms with van der Waals surface area (Å²) >= 11 is 6.70. The van der Waals surface area contributed by atoms with Crippen molar-refractivity contribution >= 4 is 37.8 Å². The highest BCUT2D eigenvalue weighted by Crippen LogP contribution is 2.33. The lowest BCUT2D eigenvalue weighted by atomic mass is 10.2. The van der Waals surface area contributed by atoms with Crippen molar-refractivity contribution < 1.29 is 14.6 Å². The molecule has 0 radical (unpaired) electrons. The quantitative estimate of drug-likeness (QED) is 0.850. The minimum Gasteiger partial charge on any atom is -0.478 e. The van der Waals surface area contributed by atoms with Crippen molar-refractivity contribution in [2.24, 2.45) is 0 Å². The van der Waals surface area contributed by atoms with Crippen LogP contribution in [0.5, 0.6) is 11.5 Å². The van der Waals surface area contributed by atoms with E-state index in [1.807, 2.05) is 12.1 Å². The normalized spacial score (nSPS) is 10.1. The zero-order valence-electron chi connectivity index (χ0n) is 9.06. The monoisotopic (exact) mass is 370 g/mol. The van der Waals surface area contributed by atoms with E-state index < -0.39 is 5.97 Å². The molecule has 0 unspecified atom stereocenters. The van der Waals surface area contributed by atoms with E-state index in [4.69, 9.17) is 9.84 Å². The van der Waals surface area contributed by atoms with Crippen LogP contribution in [0.3, 0.4) is 0 Å². The lowest BCUT2D eigenvalue weighted by Crippen LogP contribution is -1.99. The van der Waals surface area contributed by atoms with Gasteiger partial charge in [0.05, 0.1) is 4.47 Å². The maximum atomic E-state index is 11.1. The Morgan fingerprint density at radius 3 is 2.44 bits per heavy atom. The molecule has 0 amide bonds. The largest absolute Gasteiger partial charge is 0.478 e. The van der Waals surface area contributed by atoms with Crippen molar-refractivity contribution in [2.75, 3.05) is 0 Å². The Labute approximate surface area is 121 Å². The Morgan fingerprint density at radius 2 is 1.78 bits per heavy atom. The van der Waals surface area contributed by atoms with Crippen LogP contribution in [0.25, 0.3) is 0 Å². The number of ether oxygens (including phenoxy) is 1. The molecule has 18 heavy (non-hydrogen) atoms. The van der Waals surface area contributed by atoms with Crippen molar-refractivity contribution in [3.05, 3.63) is 57.0 Å². The van der Waals surface area contributed by atoms with Crippen molar-refractivity contribution in [3.63, 3.8) is 0 Å². The van der Waals surface area contributed by atoms with E-state index in [9.17, 15) is 4.79 Å². The average molecular weight is 372 g/mol. The van der Waals surface area contributed by atoms with Crippen molar-refractivity contribution in [1.29, 1.82) is 0 Å². The first-order chi connectivity index (χ1) is 8.58. The molecule has 0 heterocycles. The zero-order chi connectivity index (χ0) is 13.1. The number of aromatic carboxylic acids is 1. The van der Waals surface area contributed by atoms with Crippen LogP contribution < -0.4 is 4.74 Å². The highest BCUT2D eigenvalue weighted by atomic mass is 79.9. The molecule has 0 spiro atoms. The van der Waals surface area contributed by atoms with E-state index >= 15 is 0 Å². The molecule has 0 saturated heterocycles. The van der Waals surface area contributed by atoms with Crippen molar-refractivity contribution in [1.82, 2.24) is 0 Å². The molecular weight excluding hydrogens is 364 g/mol. The number of hydrogen-bond acceptors (Lipinski definition) is 2. The first kappa shape index (κ1) is 13.1. The van der Waals surface area contributed by atoms with Crippen molar-refractivity contribution in [2.45, 2.75) is 0 Å². The Morgan fingerprint density at radius 1 is 1.06 bits per heavy atom. The van der Waals surface area contributed by atoms with Gasteiger partial charge in [-0.05, 0) is 46.3 Å². The van der Waals surface area contributed by atoms with Gasteiger partial charge >= 0.3 is 5.97 Å². The van der Waals surface area contributed by atoms with Crippen LogP contribution in [-0.4, -0.2) is 11.1 Å². The lowest BCUT2D eigenvalue weighted by Gasteiger charge is -2.10. The number of carboxylic acids is 1. The van der Waals surface area contributed by atoms with Crippen molar-refractivity contribution in [3.8, 4) is 11.5 Å². The highest BCUT2D eigenvalue weighted by Gasteiger charge is 2.12. The molecule has 3 nitrogen and oxygen atoms in total. The second-order valence-electron chi connectivity index (χ2n) is 3.48. The molecule has 2 rings (SSSR count). The summed E-state index contributed by atoms with van der Waals surface area (Å²) in [5.74, 6) is -0.140. The first-order valence-corrected chi connectivity index (χ1v) is 6.62. The Bertz CT molecular complexity index is 597. The highest BCUT2D eigenvalue weighted by molar-refractivity contribution is 9.11. The summed E-state index contributed by atoms with van der Waals surface area (Å²) in [5, 5.41) is 9.06. The molecule has 5 heteroatoms. The summed E-state index contributed by atoms with van der Waals surface area (Å²) < 4.78 is 7.27. The molecule has 0 fully saturated rings. The standard InChI is InChI=1S/C13H8Br2O3/c14-8-5-6-12(10(15)7-8)18-11-4-2-1-3-9(11)13(16)17/h1-7H,(H,16,17). The third-order valence-corrected chi connectivity index (χ3v) is 3.34. The Kier molecular flexibility index (Phi) is 4.04. The SMILES string of the molecule is O=C(O)c1ccccc1Oc1ccc(Br)cc1Br. The number of rotatable bonds is 3. The first-order valence-electron chi connectivity index (χ1n) is 5.03. The second-order valence-corrected chi connectivity index (χ2v) is 5.25. The van der Waals surface area contributed by atoms with Gasteiger partial charge in [-0.15, -0.1) is 0 Å². The summed E-state index contributed by atoms with van der Waals surface area (Å²) in [6, 6.07) is 11.9. The van der Waals surface area contributed by atoms with Gasteiger partial charge in [0.1, 0.15) is 17.1 Å². The second kappa shape index (κ2) is 5.54. The minimum absolute atomic E-state index is 0.132. The van der Waals surface area contributed by atoms with Gasteiger partial charge in [-0.3, -0.25) is 0 Å². The lowest BCUT2D eigenvalue weighted by molar-refractivity contribution is 0.0694. The van der Waals surface area contributed by atoms with Crippen LogP contribution in [0.2, 0.25) is 0 Å². The van der Waals surface area contributed by atoms with E-state index in [1.165, 1.54) is 6.07 Å². The Balaban J connectivity index is 2.37. The molecule has 0 saturated carbocycles. The van der Waals surface area contributed by atoms with Gasteiger partial charge in [0.15, 0.2) is 0 Å². The van der Waals surface area contributed by atoms with Crippen LogP contribution in [-0.2, 0) is 0 Å². The molecule has 0 aromatic heterocycles. The maximum absolute atomic E-state index is 11.1. The molecule has 0 aliphatic rings. The summed E-state index contributed by atoms with van der Waals surface area (Å²) in [6.07, 6.45) is 0. The third-order valence-electron chi connectivity index (χ3n) is 2.23. The van der Waals surface area contributed by atoms with E-state index in [0.717, 1.165) is 8.95 Å². The predicted octanol–water partition coefficient (Wildman–Crippen LogP) is 4.70. The molecule has 1 N–H and O–H groups in total. The summed E-state index contributed by atoms with van der Waals surface area (Å²) in [6.45, 7) is 0. The van der Waals surface area contributed by atoms with Gasteiger partial charge in [0, 0.05) is 4.47 Å².